The first kappa shape index (κ1) is 20.9. The van der Waals surface area contributed by atoms with E-state index in [9.17, 15) is 0 Å². The predicted octanol–water partition coefficient (Wildman–Crippen LogP) is 6.43. The van der Waals surface area contributed by atoms with Crippen LogP contribution in [-0.2, 0) is 0 Å². The van der Waals surface area contributed by atoms with E-state index in [1.54, 1.807) is 0 Å². The number of hydrogen-bond donors (Lipinski definition) is 1. The zero-order chi connectivity index (χ0) is 22.2. The van der Waals surface area contributed by atoms with E-state index in [0.29, 0.717) is 5.11 Å². The van der Waals surface area contributed by atoms with Crippen molar-refractivity contribution in [2.45, 2.75) is 25.9 Å². The average Bonchev–Trinajstić information content (AvgIpc) is 3.31. The highest BCUT2D eigenvalue weighted by Crippen LogP contribution is 2.43. The summed E-state index contributed by atoms with van der Waals surface area (Å²) in [4.78, 5) is 6.89. The van der Waals surface area contributed by atoms with Gasteiger partial charge in [0.25, 0.3) is 0 Å². The van der Waals surface area contributed by atoms with E-state index >= 15 is 0 Å². The molecule has 1 saturated heterocycles. The molecule has 1 fully saturated rings. The summed E-state index contributed by atoms with van der Waals surface area (Å²) < 4.78 is 3.38. The van der Waals surface area contributed by atoms with Gasteiger partial charge in [-0.2, -0.15) is 0 Å². The molecule has 1 N–H and O–H groups in total. The number of nitrogens with zero attached hydrogens (tertiary/aromatic N) is 3. The topological polar surface area (TPSA) is 33.1 Å². The van der Waals surface area contributed by atoms with Gasteiger partial charge >= 0.3 is 0 Å². The van der Waals surface area contributed by atoms with Crippen LogP contribution in [0.15, 0.2) is 89.5 Å². The van der Waals surface area contributed by atoms with E-state index in [2.05, 4.69) is 98.1 Å². The first-order chi connectivity index (χ1) is 15.5. The van der Waals surface area contributed by atoms with Gasteiger partial charge in [-0.25, -0.2) is 0 Å². The summed E-state index contributed by atoms with van der Waals surface area (Å²) in [6.45, 7) is 4.34. The van der Waals surface area contributed by atoms with Crippen molar-refractivity contribution in [3.05, 3.63) is 112 Å². The van der Waals surface area contributed by atoms with E-state index in [4.69, 9.17) is 12.2 Å². The van der Waals surface area contributed by atoms with Crippen LogP contribution in [0, 0.1) is 13.8 Å². The zero-order valence-electron chi connectivity index (χ0n) is 17.9. The zero-order valence-corrected chi connectivity index (χ0v) is 20.3. The molecule has 3 heterocycles. The quantitative estimate of drug-likeness (QED) is 0.326. The van der Waals surface area contributed by atoms with Gasteiger partial charge in [-0.1, -0.05) is 40.2 Å². The molecule has 2 aromatic heterocycles. The Morgan fingerprint density at radius 3 is 2.31 bits per heavy atom. The largest absolute Gasteiger partial charge is 0.351 e. The molecule has 1 aliphatic rings. The van der Waals surface area contributed by atoms with Crippen LogP contribution in [0.1, 0.15) is 34.7 Å². The molecule has 0 radical (unpaired) electrons. The molecule has 0 amide bonds. The highest BCUT2D eigenvalue weighted by molar-refractivity contribution is 9.10. The van der Waals surface area contributed by atoms with E-state index in [-0.39, 0.29) is 12.1 Å². The number of nitrogens with one attached hydrogen (secondary N) is 1. The second-order valence-corrected chi connectivity index (χ2v) is 9.27. The minimum absolute atomic E-state index is 0.0183. The molecule has 1 aliphatic heterocycles. The molecule has 0 saturated carbocycles. The maximum atomic E-state index is 5.84. The molecular weight excluding hydrogens is 480 g/mol. The summed E-state index contributed by atoms with van der Waals surface area (Å²) in [5, 5.41) is 4.26. The second-order valence-electron chi connectivity index (χ2n) is 7.97. The summed E-state index contributed by atoms with van der Waals surface area (Å²) >= 11 is 9.39. The van der Waals surface area contributed by atoms with Crippen LogP contribution in [0.4, 0.5) is 5.69 Å². The summed E-state index contributed by atoms with van der Waals surface area (Å²) in [5.74, 6) is 0. The predicted molar refractivity (Wildman–Crippen MR) is 137 cm³/mol. The maximum Gasteiger partial charge on any atom is 0.174 e. The van der Waals surface area contributed by atoms with Crippen LogP contribution in [0.3, 0.4) is 0 Å². The van der Waals surface area contributed by atoms with Crippen LogP contribution in [0.5, 0.6) is 0 Å². The number of rotatable bonds is 4. The number of thiocarbonyl (C=S) groups is 1. The normalized spacial score (nSPS) is 18.1. The number of hydrogen-bond acceptors (Lipinski definition) is 2. The third-order valence-corrected chi connectivity index (χ3v) is 6.85. The summed E-state index contributed by atoms with van der Waals surface area (Å²) in [6, 6.07) is 27.0. The molecule has 0 unspecified atom stereocenters. The molecule has 0 aliphatic carbocycles. The SMILES string of the molecule is Cc1cc([C@H]2[C@H](c3ccccn3)NC(=S)N2c2ccccc2)c(C)n1-c1ccc(Br)cc1. The van der Waals surface area contributed by atoms with Gasteiger partial charge in [-0.3, -0.25) is 4.98 Å². The molecular formula is C26H23BrN4S. The lowest BCUT2D eigenvalue weighted by Gasteiger charge is -2.28. The van der Waals surface area contributed by atoms with Gasteiger partial charge in [0.05, 0.1) is 17.8 Å². The lowest BCUT2D eigenvalue weighted by molar-refractivity contribution is 0.565. The Labute approximate surface area is 202 Å². The number of aromatic nitrogens is 2. The molecule has 0 spiro atoms. The van der Waals surface area contributed by atoms with E-state index < -0.39 is 0 Å². The third-order valence-electron chi connectivity index (χ3n) is 6.01. The van der Waals surface area contributed by atoms with Crippen LogP contribution >= 0.6 is 28.1 Å². The smallest absolute Gasteiger partial charge is 0.174 e. The number of pyridine rings is 1. The van der Waals surface area contributed by atoms with Gasteiger partial charge in [0.2, 0.25) is 0 Å². The van der Waals surface area contributed by atoms with Crippen molar-refractivity contribution in [1.82, 2.24) is 14.9 Å². The molecule has 32 heavy (non-hydrogen) atoms. The fourth-order valence-electron chi connectivity index (χ4n) is 4.61. The van der Waals surface area contributed by atoms with E-state index in [0.717, 1.165) is 21.5 Å². The maximum absolute atomic E-state index is 5.84. The second kappa shape index (κ2) is 8.52. The number of benzene rings is 2. The van der Waals surface area contributed by atoms with Gasteiger partial charge < -0.3 is 14.8 Å². The highest BCUT2D eigenvalue weighted by atomic mass is 79.9. The van der Waals surface area contributed by atoms with Crippen molar-refractivity contribution >= 4 is 38.9 Å². The van der Waals surface area contributed by atoms with Crippen molar-refractivity contribution < 1.29 is 0 Å². The van der Waals surface area contributed by atoms with Crippen molar-refractivity contribution in [1.29, 1.82) is 0 Å². The monoisotopic (exact) mass is 502 g/mol. The fourth-order valence-corrected chi connectivity index (χ4v) is 5.22. The summed E-state index contributed by atoms with van der Waals surface area (Å²) in [7, 11) is 0. The third kappa shape index (κ3) is 3.63. The van der Waals surface area contributed by atoms with Crippen molar-refractivity contribution in [3.63, 3.8) is 0 Å². The van der Waals surface area contributed by atoms with Gasteiger partial charge in [0.1, 0.15) is 0 Å². The molecule has 6 heteroatoms. The molecule has 4 aromatic rings. The summed E-state index contributed by atoms with van der Waals surface area (Å²) in [6.07, 6.45) is 1.84. The number of halogens is 1. The molecule has 2 atom stereocenters. The van der Waals surface area contributed by atoms with Crippen molar-refractivity contribution in [3.8, 4) is 5.69 Å². The number of aryl methyl sites for hydroxylation is 1. The Morgan fingerprint density at radius 1 is 0.906 bits per heavy atom. The van der Waals surface area contributed by atoms with E-state index in [1.165, 1.54) is 17.0 Å². The molecule has 2 aromatic carbocycles. The van der Waals surface area contributed by atoms with Crippen LogP contribution in [0.2, 0.25) is 0 Å². The Hall–Kier alpha value is -2.96. The first-order valence-electron chi connectivity index (χ1n) is 10.5. The molecule has 0 bridgehead atoms. The number of para-hydroxylation sites is 1. The number of anilines is 1. The van der Waals surface area contributed by atoms with Crippen LogP contribution in [-0.4, -0.2) is 14.7 Å². The lowest BCUT2D eigenvalue weighted by Crippen LogP contribution is -2.29. The standard InChI is InChI=1S/C26H23BrN4S/c1-17-16-22(18(2)30(17)21-13-11-19(27)12-14-21)25-24(23-10-6-7-15-28-23)29-26(32)31(25)20-8-4-3-5-9-20/h3-16,24-25H,1-2H3,(H,29,32)/t24-,25-/m0/s1. The van der Waals surface area contributed by atoms with Gasteiger partial charge in [0.15, 0.2) is 5.11 Å². The van der Waals surface area contributed by atoms with Crippen molar-refractivity contribution in [2.24, 2.45) is 0 Å². The Morgan fingerprint density at radius 2 is 1.62 bits per heavy atom. The molecule has 4 nitrogen and oxygen atoms in total. The van der Waals surface area contributed by atoms with Gasteiger partial charge in [-0.15, -0.1) is 0 Å². The minimum atomic E-state index is -0.0530. The average molecular weight is 503 g/mol. The lowest BCUT2D eigenvalue weighted by atomic mass is 9.96. The Kier molecular flexibility index (Phi) is 5.57. The Bertz CT molecular complexity index is 1250. The Balaban J connectivity index is 1.67. The van der Waals surface area contributed by atoms with Gasteiger partial charge in [0, 0.05) is 33.4 Å². The molecule has 5 rings (SSSR count). The minimum Gasteiger partial charge on any atom is -0.351 e. The highest BCUT2D eigenvalue weighted by Gasteiger charge is 2.42. The van der Waals surface area contributed by atoms with Crippen LogP contribution in [0.25, 0.3) is 5.69 Å². The molecule has 160 valence electrons. The van der Waals surface area contributed by atoms with E-state index in [1.807, 2.05) is 36.5 Å². The van der Waals surface area contributed by atoms with Gasteiger partial charge in [-0.05, 0) is 86.2 Å². The van der Waals surface area contributed by atoms with Crippen LogP contribution < -0.4 is 10.2 Å². The fraction of sp³-hybridized carbons (Fsp3) is 0.154. The first-order valence-corrected chi connectivity index (χ1v) is 11.7. The summed E-state index contributed by atoms with van der Waals surface area (Å²) in [5.41, 5.74) is 6.81. The van der Waals surface area contributed by atoms with Crippen molar-refractivity contribution in [2.75, 3.05) is 4.90 Å².